The van der Waals surface area contributed by atoms with Crippen molar-refractivity contribution in [2.45, 2.75) is 98.4 Å². The topological polar surface area (TPSA) is 340 Å². The second-order valence-corrected chi connectivity index (χ2v) is 12.4. The second-order valence-electron chi connectivity index (χ2n) is 12.4. The van der Waals surface area contributed by atoms with Gasteiger partial charge >= 0.3 is 5.69 Å². The van der Waals surface area contributed by atoms with Gasteiger partial charge in [-0.05, 0) is 17.7 Å². The van der Waals surface area contributed by atoms with E-state index < -0.39 is 128 Å². The van der Waals surface area contributed by atoms with Gasteiger partial charge in [-0.1, -0.05) is 17.2 Å². The lowest BCUT2D eigenvalue weighted by molar-refractivity contribution is -0.349. The number of aliphatic hydroxyl groups is 8. The molecule has 3 saturated heterocycles. The highest BCUT2D eigenvalue weighted by atomic mass is 16.8. The third-order valence-electron chi connectivity index (χ3n) is 9.35. The van der Waals surface area contributed by atoms with E-state index in [9.17, 15) is 60.0 Å². The summed E-state index contributed by atoms with van der Waals surface area (Å²) in [6.45, 7) is -0.855. The van der Waals surface area contributed by atoms with Gasteiger partial charge in [-0.15, -0.1) is 0 Å². The van der Waals surface area contributed by atoms with Gasteiger partial charge in [0.25, 0.3) is 17.4 Å². The van der Waals surface area contributed by atoms with Crippen LogP contribution in [0, 0.1) is 0 Å². The maximum absolute atomic E-state index is 13.5. The van der Waals surface area contributed by atoms with Crippen LogP contribution in [0.2, 0.25) is 0 Å². The highest BCUT2D eigenvalue weighted by Crippen LogP contribution is 2.38. The first kappa shape index (κ1) is 36.7. The summed E-state index contributed by atoms with van der Waals surface area (Å²) in [5.41, 5.74) is 7.29. The number of aromatic amines is 1. The van der Waals surface area contributed by atoms with Crippen LogP contribution in [0.1, 0.15) is 33.4 Å². The molecule has 0 bridgehead atoms. The number of nitrogens with zero attached hydrogens (tertiary/aromatic N) is 5. The molecular formula is C29H34N6O16. The van der Waals surface area contributed by atoms with Crippen LogP contribution >= 0.6 is 0 Å². The van der Waals surface area contributed by atoms with Crippen LogP contribution in [0.4, 0.5) is 0 Å². The number of aliphatic hydroxyl groups excluding tert-OH is 8. The smallest absolute Gasteiger partial charge is 0.330 e. The number of ether oxygens (including phenoxy) is 4. The quantitative estimate of drug-likeness (QED) is 0.0507. The van der Waals surface area contributed by atoms with Gasteiger partial charge in [-0.25, -0.2) is 4.79 Å². The third-order valence-corrected chi connectivity index (χ3v) is 9.35. The zero-order chi connectivity index (χ0) is 36.9. The Kier molecular flexibility index (Phi) is 10.4. The van der Waals surface area contributed by atoms with Crippen LogP contribution in [-0.4, -0.2) is 159 Å². The van der Waals surface area contributed by atoms with Crippen molar-refractivity contribution in [2.75, 3.05) is 6.61 Å². The molecule has 7 unspecified atom stereocenters. The Morgan fingerprint density at radius 3 is 2.08 bits per heavy atom. The molecule has 6 rings (SSSR count). The predicted octanol–water partition coefficient (Wildman–Crippen LogP) is -4.85. The number of aromatic nitrogens is 2. The highest BCUT2D eigenvalue weighted by Gasteiger charge is 2.57. The summed E-state index contributed by atoms with van der Waals surface area (Å²) in [4.78, 5) is 55.9. The van der Waals surface area contributed by atoms with Crippen molar-refractivity contribution < 1.29 is 69.4 Å². The molecule has 0 spiro atoms. The summed E-state index contributed by atoms with van der Waals surface area (Å²) < 4.78 is 23.7. The number of amides is 2. The molecule has 51 heavy (non-hydrogen) atoms. The molecule has 276 valence electrons. The third kappa shape index (κ3) is 6.46. The fraction of sp³-hybridized carbons (Fsp3) is 0.586. The van der Waals surface area contributed by atoms with Crippen molar-refractivity contribution in [1.82, 2.24) is 14.5 Å². The molecule has 3 fully saturated rings. The van der Waals surface area contributed by atoms with E-state index in [-0.39, 0.29) is 11.1 Å². The zero-order valence-corrected chi connectivity index (χ0v) is 26.1. The van der Waals surface area contributed by atoms with Crippen LogP contribution < -0.4 is 11.2 Å². The number of imide groups is 1. The zero-order valence-electron chi connectivity index (χ0n) is 26.1. The number of nitrogens with one attached hydrogen (secondary N) is 1. The first-order valence-corrected chi connectivity index (χ1v) is 15.6. The van der Waals surface area contributed by atoms with Gasteiger partial charge in [0.15, 0.2) is 18.8 Å². The maximum atomic E-state index is 13.5. The Labute approximate surface area is 284 Å². The lowest BCUT2D eigenvalue weighted by Crippen LogP contribution is -2.67. The summed E-state index contributed by atoms with van der Waals surface area (Å²) in [7, 11) is 0. The van der Waals surface area contributed by atoms with E-state index in [0.717, 1.165) is 16.8 Å². The van der Waals surface area contributed by atoms with Gasteiger partial charge in [0.1, 0.15) is 54.8 Å². The molecule has 0 radical (unpaired) electrons. The van der Waals surface area contributed by atoms with Crippen molar-refractivity contribution in [2.24, 2.45) is 5.11 Å². The molecule has 0 saturated carbocycles. The van der Waals surface area contributed by atoms with Gasteiger partial charge < -0.3 is 59.8 Å². The van der Waals surface area contributed by atoms with Gasteiger partial charge in [0, 0.05) is 23.6 Å². The minimum Gasteiger partial charge on any atom is -0.394 e. The molecule has 2 amide bonds. The second kappa shape index (κ2) is 14.5. The number of azide groups is 1. The Morgan fingerprint density at radius 1 is 0.843 bits per heavy atom. The number of rotatable bonds is 9. The number of carbonyl (C=O) groups excluding carboxylic acids is 2. The molecule has 2 aromatic rings. The lowest BCUT2D eigenvalue weighted by Gasteiger charge is -2.48. The van der Waals surface area contributed by atoms with E-state index in [1.165, 1.54) is 24.3 Å². The first-order valence-electron chi connectivity index (χ1n) is 15.6. The number of hydrogen-bond acceptors (Lipinski definition) is 17. The van der Waals surface area contributed by atoms with E-state index in [4.69, 9.17) is 24.5 Å². The summed E-state index contributed by atoms with van der Waals surface area (Å²) in [5, 5.41) is 89.4. The number of carbonyl (C=O) groups is 2. The fourth-order valence-electron chi connectivity index (χ4n) is 6.70. The number of benzene rings is 1. The predicted molar refractivity (Wildman–Crippen MR) is 161 cm³/mol. The molecule has 22 nitrogen and oxygen atoms in total. The average molecular weight is 723 g/mol. The van der Waals surface area contributed by atoms with E-state index >= 15 is 0 Å². The molecule has 4 aliphatic heterocycles. The van der Waals surface area contributed by atoms with Gasteiger partial charge in [-0.2, -0.15) is 0 Å². The van der Waals surface area contributed by atoms with Gasteiger partial charge in [0.05, 0.1) is 36.0 Å². The Bertz CT molecular complexity index is 1770. The normalized spacial score (nSPS) is 38.7. The van der Waals surface area contributed by atoms with E-state index in [1.807, 2.05) is 4.98 Å². The molecule has 0 aliphatic carbocycles. The molecule has 1 aromatic heterocycles. The van der Waals surface area contributed by atoms with Crippen molar-refractivity contribution in [1.29, 1.82) is 0 Å². The van der Waals surface area contributed by atoms with Crippen LogP contribution in [-0.2, 0) is 18.9 Å². The molecule has 22 heteroatoms. The Hall–Kier alpha value is -4.13. The maximum Gasteiger partial charge on any atom is 0.330 e. The molecule has 1 aromatic carbocycles. The minimum absolute atomic E-state index is 0.0534. The van der Waals surface area contributed by atoms with Crippen molar-refractivity contribution in [3.63, 3.8) is 0 Å². The fourth-order valence-corrected chi connectivity index (χ4v) is 6.70. The van der Waals surface area contributed by atoms with E-state index in [0.29, 0.717) is 4.90 Å². The van der Waals surface area contributed by atoms with E-state index in [2.05, 4.69) is 10.0 Å². The Morgan fingerprint density at radius 2 is 1.47 bits per heavy atom. The average Bonchev–Trinajstić information content (AvgIpc) is 3.54. The van der Waals surface area contributed by atoms with Crippen LogP contribution in [0.25, 0.3) is 10.4 Å². The van der Waals surface area contributed by atoms with Crippen LogP contribution in [0.15, 0.2) is 51.2 Å². The summed E-state index contributed by atoms with van der Waals surface area (Å²) in [6, 6.07) is 3.04. The highest BCUT2D eigenvalue weighted by molar-refractivity contribution is 6.21. The summed E-state index contributed by atoms with van der Waals surface area (Å²) in [5.74, 6) is -1.83. The first-order chi connectivity index (χ1) is 24.3. The minimum atomic E-state index is -2.08. The summed E-state index contributed by atoms with van der Waals surface area (Å²) in [6.07, 6.45) is -23.1. The number of H-pyrrole nitrogens is 1. The Balaban J connectivity index is 1.29. The largest absolute Gasteiger partial charge is 0.394 e. The molecule has 15 atom stereocenters. The summed E-state index contributed by atoms with van der Waals surface area (Å²) >= 11 is 0. The van der Waals surface area contributed by atoms with Crippen LogP contribution in [0.5, 0.6) is 0 Å². The monoisotopic (exact) mass is 722 g/mol. The van der Waals surface area contributed by atoms with E-state index in [1.54, 1.807) is 0 Å². The van der Waals surface area contributed by atoms with Gasteiger partial charge in [-0.3, -0.25) is 28.8 Å². The lowest BCUT2D eigenvalue weighted by atomic mass is 9.90. The number of hydrogen-bond donors (Lipinski definition) is 9. The molecular weight excluding hydrogens is 688 g/mol. The van der Waals surface area contributed by atoms with Gasteiger partial charge in [0.2, 0.25) is 0 Å². The molecule has 9 N–H and O–H groups in total. The van der Waals surface area contributed by atoms with Crippen molar-refractivity contribution >= 4 is 11.8 Å². The van der Waals surface area contributed by atoms with Crippen LogP contribution in [0.3, 0.4) is 0 Å². The standard InChI is InChI=1S/C29H34N6O16/c30-33-32-15-19(41)18(40)13(8-36)49-27(15)51-28-16(35-24(45)9-3-1-2-4-10(9)25(35)46)20(42)17(39)12(48-28)7-11(37)23-21(43)22(44)26(50-23)34-6-5-14(38)31-29(34)47/h1-6,11-13,15-23,26-28,36-37,39-44H,7-8H2,(H,31,38,47)/t11-,12-,13?,15?,16-,17?,18-,19?,20?,21+,22-,23?,26-,27-,28?/m1/s1. The van der Waals surface area contributed by atoms with Crippen molar-refractivity contribution in [3.05, 3.63) is 78.9 Å². The number of fused-ring (bicyclic) bond motifs is 1. The van der Waals surface area contributed by atoms with Crippen molar-refractivity contribution in [3.8, 4) is 0 Å². The molecule has 5 heterocycles. The molecule has 4 aliphatic rings. The SMILES string of the molecule is [N-]=[N+]=NC1C(O)[C@H](O)C(CO)O[C@@H]1OC1O[C@H](C[C@@H](O)C2O[C@@H](n3ccc(=O)[nH]c3=O)[C@H](O)[C@@H]2O)C(O)C(O)[C@H]1N1C(=O)c2ccccc2C1=O.